The summed E-state index contributed by atoms with van der Waals surface area (Å²) in [5.74, 6) is 0.600. The van der Waals surface area contributed by atoms with E-state index >= 15 is 0 Å². The van der Waals surface area contributed by atoms with Gasteiger partial charge in [0.1, 0.15) is 0 Å². The zero-order chi connectivity index (χ0) is 4.99. The third kappa shape index (κ3) is 4.31. The normalized spacial score (nSPS) is 10.0. The lowest BCUT2D eigenvalue weighted by molar-refractivity contribution is 0.321. The van der Waals surface area contributed by atoms with Gasteiger partial charge >= 0.3 is 0 Å². The second-order valence-corrected chi connectivity index (χ2v) is 1.95. The summed E-state index contributed by atoms with van der Waals surface area (Å²) >= 11 is 3.56. The molecule has 0 rings (SSSR count). The Hall–Kier alpha value is 0.310. The molecule has 0 radical (unpaired) electrons. The molecule has 0 unspecified atom stereocenters. The fourth-order valence-corrected chi connectivity index (χ4v) is 0.447. The molecule has 0 aliphatic carbocycles. The topological polar surface area (TPSA) is 9.23 Å². The summed E-state index contributed by atoms with van der Waals surface area (Å²) in [6.45, 7) is 4.90. The second kappa shape index (κ2) is 3.50. The standard InChI is InChI=1S/C4H10OS/c1-4(2)3-5-6/h4,6H,3H2,1-2H3. The molecular weight excluding hydrogens is 96.1 g/mol. The first-order valence-electron chi connectivity index (χ1n) is 2.03. The van der Waals surface area contributed by atoms with Gasteiger partial charge in [0.2, 0.25) is 0 Å². The summed E-state index contributed by atoms with van der Waals surface area (Å²) < 4.78 is 4.50. The van der Waals surface area contributed by atoms with Gasteiger partial charge in [-0.05, 0) is 18.8 Å². The molecule has 6 heavy (non-hydrogen) atoms. The smallest absolute Gasteiger partial charge is 0.0633 e. The van der Waals surface area contributed by atoms with Crippen molar-refractivity contribution < 1.29 is 4.18 Å². The molecule has 0 aromatic rings. The monoisotopic (exact) mass is 106 g/mol. The zero-order valence-electron chi connectivity index (χ0n) is 4.14. The minimum Gasteiger partial charge on any atom is -0.318 e. The van der Waals surface area contributed by atoms with Gasteiger partial charge in [-0.25, -0.2) is 0 Å². The molecule has 38 valence electrons. The van der Waals surface area contributed by atoms with Crippen LogP contribution >= 0.6 is 12.9 Å². The molecule has 0 aliphatic heterocycles. The van der Waals surface area contributed by atoms with E-state index < -0.39 is 0 Å². The Bertz CT molecular complexity index is 28.7. The van der Waals surface area contributed by atoms with Crippen LogP contribution in [0, 0.1) is 5.92 Å². The van der Waals surface area contributed by atoms with Gasteiger partial charge in [-0.15, -0.1) is 0 Å². The molecule has 0 saturated carbocycles. The van der Waals surface area contributed by atoms with Gasteiger partial charge in [0.25, 0.3) is 0 Å². The van der Waals surface area contributed by atoms with Crippen LogP contribution in [0.25, 0.3) is 0 Å². The third-order valence-corrected chi connectivity index (χ3v) is 0.557. The number of hydrogen-bond acceptors (Lipinski definition) is 2. The van der Waals surface area contributed by atoms with Crippen LogP contribution in [-0.4, -0.2) is 6.61 Å². The maximum atomic E-state index is 4.50. The van der Waals surface area contributed by atoms with E-state index in [9.17, 15) is 0 Å². The van der Waals surface area contributed by atoms with Crippen molar-refractivity contribution in [1.82, 2.24) is 0 Å². The average Bonchev–Trinajstić information content (AvgIpc) is 1.35. The predicted molar refractivity (Wildman–Crippen MR) is 29.8 cm³/mol. The van der Waals surface area contributed by atoms with Crippen LogP contribution in [0.3, 0.4) is 0 Å². The summed E-state index contributed by atoms with van der Waals surface area (Å²) in [6.07, 6.45) is 0. The zero-order valence-corrected chi connectivity index (χ0v) is 5.03. The molecule has 0 aromatic heterocycles. The van der Waals surface area contributed by atoms with Crippen molar-refractivity contribution in [1.29, 1.82) is 0 Å². The second-order valence-electron chi connectivity index (χ2n) is 1.69. The highest BCUT2D eigenvalue weighted by Crippen LogP contribution is 1.92. The molecule has 1 nitrogen and oxygen atoms in total. The van der Waals surface area contributed by atoms with E-state index in [1.54, 1.807) is 0 Å². The fraction of sp³-hybridized carbons (Fsp3) is 1.00. The summed E-state index contributed by atoms with van der Waals surface area (Å²) in [5.41, 5.74) is 0. The van der Waals surface area contributed by atoms with Gasteiger partial charge < -0.3 is 4.18 Å². The van der Waals surface area contributed by atoms with Crippen molar-refractivity contribution in [2.45, 2.75) is 13.8 Å². The Morgan fingerprint density at radius 2 is 2.17 bits per heavy atom. The van der Waals surface area contributed by atoms with E-state index in [0.29, 0.717) is 5.92 Å². The van der Waals surface area contributed by atoms with Crippen LogP contribution in [0.5, 0.6) is 0 Å². The molecule has 2 heteroatoms. The highest BCUT2D eigenvalue weighted by Gasteiger charge is 1.86. The minimum atomic E-state index is 0.600. The lowest BCUT2D eigenvalue weighted by Crippen LogP contribution is -1.93. The van der Waals surface area contributed by atoms with Gasteiger partial charge in [0.05, 0.1) is 6.61 Å². The lowest BCUT2D eigenvalue weighted by atomic mass is 10.2. The molecule has 0 amide bonds. The minimum absolute atomic E-state index is 0.600. The molecule has 0 heterocycles. The Kier molecular flexibility index (Phi) is 3.68. The first kappa shape index (κ1) is 6.31. The van der Waals surface area contributed by atoms with Crippen LogP contribution in [-0.2, 0) is 4.18 Å². The first-order valence-corrected chi connectivity index (χ1v) is 2.40. The number of thiol groups is 1. The molecule has 0 aromatic carbocycles. The summed E-state index contributed by atoms with van der Waals surface area (Å²) in [7, 11) is 0. The molecule has 0 N–H and O–H groups in total. The highest BCUT2D eigenvalue weighted by molar-refractivity contribution is 7.75. The van der Waals surface area contributed by atoms with Gasteiger partial charge in [-0.3, -0.25) is 0 Å². The van der Waals surface area contributed by atoms with Crippen molar-refractivity contribution >= 4 is 12.9 Å². The van der Waals surface area contributed by atoms with E-state index in [4.69, 9.17) is 0 Å². The highest BCUT2D eigenvalue weighted by atomic mass is 32.1. The van der Waals surface area contributed by atoms with Gasteiger partial charge in [0, 0.05) is 0 Å². The fourth-order valence-electron chi connectivity index (χ4n) is 0.149. The van der Waals surface area contributed by atoms with E-state index in [1.807, 2.05) is 0 Å². The van der Waals surface area contributed by atoms with E-state index in [2.05, 4.69) is 30.9 Å². The summed E-state index contributed by atoms with van der Waals surface area (Å²) in [5, 5.41) is 0. The maximum Gasteiger partial charge on any atom is 0.0633 e. The van der Waals surface area contributed by atoms with E-state index in [1.165, 1.54) is 0 Å². The molecule has 0 spiro atoms. The van der Waals surface area contributed by atoms with Crippen molar-refractivity contribution in [2.24, 2.45) is 5.92 Å². The Balaban J connectivity index is 2.63. The molecule has 0 saturated heterocycles. The van der Waals surface area contributed by atoms with Crippen molar-refractivity contribution in [3.8, 4) is 0 Å². The quantitative estimate of drug-likeness (QED) is 0.414. The maximum absolute atomic E-state index is 4.50. The van der Waals surface area contributed by atoms with Gasteiger partial charge in [-0.1, -0.05) is 13.8 Å². The van der Waals surface area contributed by atoms with E-state index in [0.717, 1.165) is 6.61 Å². The Morgan fingerprint density at radius 3 is 2.17 bits per heavy atom. The molecule has 0 atom stereocenters. The first-order chi connectivity index (χ1) is 2.77. The van der Waals surface area contributed by atoms with Crippen LogP contribution < -0.4 is 0 Å². The van der Waals surface area contributed by atoms with Crippen molar-refractivity contribution in [3.63, 3.8) is 0 Å². The van der Waals surface area contributed by atoms with Gasteiger partial charge in [-0.2, -0.15) is 0 Å². The van der Waals surface area contributed by atoms with Crippen molar-refractivity contribution in [3.05, 3.63) is 0 Å². The third-order valence-electron chi connectivity index (χ3n) is 0.408. The largest absolute Gasteiger partial charge is 0.318 e. The van der Waals surface area contributed by atoms with Crippen LogP contribution in [0.2, 0.25) is 0 Å². The lowest BCUT2D eigenvalue weighted by Gasteiger charge is -1.96. The Labute approximate surface area is 44.3 Å². The molecule has 0 bridgehead atoms. The van der Waals surface area contributed by atoms with Gasteiger partial charge in [0.15, 0.2) is 0 Å². The molecule has 0 aliphatic rings. The van der Waals surface area contributed by atoms with E-state index in [-0.39, 0.29) is 0 Å². The number of rotatable bonds is 2. The van der Waals surface area contributed by atoms with Crippen LogP contribution in [0.1, 0.15) is 13.8 Å². The predicted octanol–water partition coefficient (Wildman–Crippen LogP) is 1.50. The van der Waals surface area contributed by atoms with Crippen LogP contribution in [0.15, 0.2) is 0 Å². The SMILES string of the molecule is CC(C)COS. The van der Waals surface area contributed by atoms with Crippen LogP contribution in [0.4, 0.5) is 0 Å². The number of hydrogen-bond donors (Lipinski definition) is 1. The molecular formula is C4H10OS. The Morgan fingerprint density at radius 1 is 1.67 bits per heavy atom. The van der Waals surface area contributed by atoms with Crippen molar-refractivity contribution in [2.75, 3.05) is 6.61 Å². The summed E-state index contributed by atoms with van der Waals surface area (Å²) in [6, 6.07) is 0. The molecule has 0 fully saturated rings. The summed E-state index contributed by atoms with van der Waals surface area (Å²) in [4.78, 5) is 0. The average molecular weight is 106 g/mol.